The molecule has 1 heterocycles. The molecule has 0 spiro atoms. The average Bonchev–Trinajstić information content (AvgIpc) is 3.07. The lowest BCUT2D eigenvalue weighted by Crippen LogP contribution is -2.39. The van der Waals surface area contributed by atoms with Crippen molar-refractivity contribution in [2.45, 2.75) is 32.1 Å². The highest BCUT2D eigenvalue weighted by Gasteiger charge is 2.29. The second-order valence-corrected chi connectivity index (χ2v) is 8.90. The third-order valence-electron chi connectivity index (χ3n) is 5.18. The molecule has 0 bridgehead atoms. The summed E-state index contributed by atoms with van der Waals surface area (Å²) in [4.78, 5) is 28.7. The Labute approximate surface area is 186 Å². The lowest BCUT2D eigenvalue weighted by molar-refractivity contribution is -0.126. The quantitative estimate of drug-likeness (QED) is 0.381. The highest BCUT2D eigenvalue weighted by Crippen LogP contribution is 2.28. The van der Waals surface area contributed by atoms with Crippen molar-refractivity contribution in [1.29, 1.82) is 0 Å². The summed E-state index contributed by atoms with van der Waals surface area (Å²) in [5.41, 5.74) is 0.0123. The molecule has 4 rings (SSSR count). The number of fused-ring (bicyclic) bond motifs is 1. The van der Waals surface area contributed by atoms with Crippen LogP contribution >= 0.6 is 22.9 Å². The van der Waals surface area contributed by atoms with Gasteiger partial charge in [0, 0.05) is 17.4 Å². The van der Waals surface area contributed by atoms with Gasteiger partial charge in [-0.25, -0.2) is 13.8 Å². The lowest BCUT2D eigenvalue weighted by Gasteiger charge is -2.23. The van der Waals surface area contributed by atoms with Crippen LogP contribution in [0.1, 0.15) is 41.0 Å². The number of rotatable bonds is 7. The first-order valence-electron chi connectivity index (χ1n) is 9.93. The summed E-state index contributed by atoms with van der Waals surface area (Å²) in [5.74, 6) is -4.26. The summed E-state index contributed by atoms with van der Waals surface area (Å²) < 4.78 is 35.2. The molecule has 31 heavy (non-hydrogen) atoms. The van der Waals surface area contributed by atoms with Gasteiger partial charge in [0.15, 0.2) is 11.6 Å². The Morgan fingerprint density at radius 2 is 2.03 bits per heavy atom. The fourth-order valence-electron chi connectivity index (χ4n) is 3.26. The average molecular weight is 465 g/mol. The van der Waals surface area contributed by atoms with E-state index in [1.807, 2.05) is 6.07 Å². The second kappa shape index (κ2) is 9.28. The molecule has 1 aliphatic carbocycles. The van der Waals surface area contributed by atoms with Crippen molar-refractivity contribution in [3.8, 4) is 5.75 Å². The van der Waals surface area contributed by atoms with Crippen LogP contribution in [-0.2, 0) is 11.2 Å². The number of hydrogen-bond donors (Lipinski definition) is 1. The molecular formula is C22H19ClF2N2O3S. The number of carbonyl (C=O) groups is 2. The minimum absolute atomic E-state index is 0.154. The number of carbonyl (C=O) groups excluding carboxylic acids is 2. The van der Waals surface area contributed by atoms with Crippen molar-refractivity contribution in [3.63, 3.8) is 0 Å². The van der Waals surface area contributed by atoms with E-state index in [1.165, 1.54) is 0 Å². The van der Waals surface area contributed by atoms with Gasteiger partial charge in [-0.15, -0.1) is 11.3 Å². The minimum Gasteiger partial charge on any atom is -0.490 e. The number of aromatic nitrogens is 1. The summed E-state index contributed by atoms with van der Waals surface area (Å²) in [6.45, 7) is 0.154. The lowest BCUT2D eigenvalue weighted by atomic mass is 9.85. The predicted octanol–water partition coefficient (Wildman–Crippen LogP) is 5.30. The van der Waals surface area contributed by atoms with Gasteiger partial charge in [0.05, 0.1) is 21.8 Å². The molecule has 2 amide bonds. The zero-order chi connectivity index (χ0) is 22.0. The fraction of sp³-hybridized carbons (Fsp3) is 0.318. The van der Waals surface area contributed by atoms with E-state index in [1.54, 1.807) is 23.5 Å². The summed E-state index contributed by atoms with van der Waals surface area (Å²) >= 11 is 7.52. The summed E-state index contributed by atoms with van der Waals surface area (Å²) in [6, 6.07) is 7.60. The van der Waals surface area contributed by atoms with E-state index in [9.17, 15) is 18.4 Å². The van der Waals surface area contributed by atoms with Crippen LogP contribution in [-0.4, -0.2) is 23.4 Å². The van der Waals surface area contributed by atoms with Gasteiger partial charge in [0.25, 0.3) is 5.91 Å². The normalized spacial score (nSPS) is 13.8. The van der Waals surface area contributed by atoms with Crippen LogP contribution in [0, 0.1) is 17.6 Å². The smallest absolute Gasteiger partial charge is 0.263 e. The first kappa shape index (κ1) is 21.6. The van der Waals surface area contributed by atoms with Crippen LogP contribution in [0.5, 0.6) is 5.75 Å². The van der Waals surface area contributed by atoms with Gasteiger partial charge in [0.1, 0.15) is 11.4 Å². The molecule has 0 radical (unpaired) electrons. The number of amides is 2. The maximum Gasteiger partial charge on any atom is 0.263 e. The van der Waals surface area contributed by atoms with Crippen molar-refractivity contribution in [2.24, 2.45) is 5.92 Å². The summed E-state index contributed by atoms with van der Waals surface area (Å²) in [7, 11) is 0. The summed E-state index contributed by atoms with van der Waals surface area (Å²) in [6.07, 6.45) is 3.42. The number of nitrogens with one attached hydrogen (secondary N) is 1. The van der Waals surface area contributed by atoms with Crippen LogP contribution in [0.3, 0.4) is 0 Å². The number of benzene rings is 2. The van der Waals surface area contributed by atoms with Gasteiger partial charge >= 0.3 is 0 Å². The molecule has 1 saturated carbocycles. The molecule has 162 valence electrons. The maximum absolute atomic E-state index is 14.7. The van der Waals surface area contributed by atoms with Gasteiger partial charge in [-0.2, -0.15) is 0 Å². The van der Waals surface area contributed by atoms with Crippen LogP contribution in [0.25, 0.3) is 10.2 Å². The van der Waals surface area contributed by atoms with Crippen LogP contribution in [0.2, 0.25) is 5.02 Å². The fourth-order valence-corrected chi connectivity index (χ4v) is 4.42. The van der Waals surface area contributed by atoms with E-state index >= 15 is 0 Å². The Bertz CT molecular complexity index is 1150. The van der Waals surface area contributed by atoms with E-state index < -0.39 is 29.0 Å². The number of nitrogens with zero attached hydrogens (tertiary/aromatic N) is 1. The van der Waals surface area contributed by atoms with E-state index in [-0.39, 0.29) is 18.3 Å². The Morgan fingerprint density at radius 1 is 1.23 bits per heavy atom. The van der Waals surface area contributed by atoms with Crippen molar-refractivity contribution < 1.29 is 23.1 Å². The minimum atomic E-state index is -1.12. The number of aryl methyl sites for hydroxylation is 1. The standard InChI is InChI=1S/C22H19ClF2N2O3S/c23-13-6-9-17-15(11-13)26-18(31-17)5-2-10-30-16-8-7-14(24)19(20(16)25)22(29)27-21(28)12-3-1-4-12/h6-9,11-12H,1-5,10H2,(H,27,28,29). The number of thiazole rings is 1. The zero-order valence-electron chi connectivity index (χ0n) is 16.4. The Balaban J connectivity index is 1.36. The van der Waals surface area contributed by atoms with Crippen LogP contribution < -0.4 is 10.1 Å². The molecule has 0 unspecified atom stereocenters. The van der Waals surface area contributed by atoms with E-state index in [2.05, 4.69) is 10.3 Å². The molecule has 0 saturated heterocycles. The molecule has 1 fully saturated rings. The molecule has 1 N–H and O–H groups in total. The monoisotopic (exact) mass is 464 g/mol. The molecule has 5 nitrogen and oxygen atoms in total. The Hall–Kier alpha value is -2.58. The molecular weight excluding hydrogens is 446 g/mol. The number of imide groups is 1. The number of halogens is 3. The molecule has 2 aromatic carbocycles. The largest absolute Gasteiger partial charge is 0.490 e. The third kappa shape index (κ3) is 4.85. The van der Waals surface area contributed by atoms with Gasteiger partial charge in [0.2, 0.25) is 5.91 Å². The third-order valence-corrected chi connectivity index (χ3v) is 6.51. The van der Waals surface area contributed by atoms with Crippen LogP contribution in [0.15, 0.2) is 30.3 Å². The first-order chi connectivity index (χ1) is 14.9. The van der Waals surface area contributed by atoms with Gasteiger partial charge < -0.3 is 4.74 Å². The predicted molar refractivity (Wildman–Crippen MR) is 115 cm³/mol. The second-order valence-electron chi connectivity index (χ2n) is 7.35. The molecule has 1 aliphatic rings. The maximum atomic E-state index is 14.7. The number of ether oxygens (including phenoxy) is 1. The van der Waals surface area contributed by atoms with Crippen molar-refractivity contribution in [3.05, 3.63) is 57.6 Å². The molecule has 1 aromatic heterocycles. The van der Waals surface area contributed by atoms with E-state index in [0.29, 0.717) is 30.7 Å². The van der Waals surface area contributed by atoms with Crippen LogP contribution in [0.4, 0.5) is 8.78 Å². The topological polar surface area (TPSA) is 68.3 Å². The van der Waals surface area contributed by atoms with Crippen molar-refractivity contribution >= 4 is 45.0 Å². The van der Waals surface area contributed by atoms with Gasteiger partial charge in [-0.05, 0) is 49.6 Å². The Kier molecular flexibility index (Phi) is 6.48. The molecule has 0 aliphatic heterocycles. The highest BCUT2D eigenvalue weighted by molar-refractivity contribution is 7.18. The van der Waals surface area contributed by atoms with Crippen molar-refractivity contribution in [1.82, 2.24) is 10.3 Å². The van der Waals surface area contributed by atoms with E-state index in [4.69, 9.17) is 16.3 Å². The first-order valence-corrected chi connectivity index (χ1v) is 11.1. The molecule has 3 aromatic rings. The summed E-state index contributed by atoms with van der Waals surface area (Å²) in [5, 5.41) is 3.60. The SMILES string of the molecule is O=C(NC(=O)C1CCC1)c1c(F)ccc(OCCCc2nc3cc(Cl)ccc3s2)c1F. The molecule has 0 atom stereocenters. The zero-order valence-corrected chi connectivity index (χ0v) is 18.0. The van der Waals surface area contributed by atoms with Gasteiger partial charge in [-0.1, -0.05) is 18.0 Å². The Morgan fingerprint density at radius 3 is 2.77 bits per heavy atom. The molecule has 9 heteroatoms. The highest BCUT2D eigenvalue weighted by atomic mass is 35.5. The van der Waals surface area contributed by atoms with E-state index in [0.717, 1.165) is 33.8 Å². The van der Waals surface area contributed by atoms with Crippen molar-refractivity contribution in [2.75, 3.05) is 6.61 Å². The van der Waals surface area contributed by atoms with Gasteiger partial charge in [-0.3, -0.25) is 14.9 Å². The number of hydrogen-bond acceptors (Lipinski definition) is 5.